The number of nitrogens with one attached hydrogen (secondary N) is 2. The van der Waals surface area contributed by atoms with Crippen molar-refractivity contribution in [2.75, 3.05) is 33.4 Å². The van der Waals surface area contributed by atoms with Crippen molar-refractivity contribution in [3.05, 3.63) is 15.6 Å². The fourth-order valence-electron chi connectivity index (χ4n) is 2.73. The Bertz CT molecular complexity index is 492. The number of urea groups is 1. The van der Waals surface area contributed by atoms with E-state index in [0.29, 0.717) is 6.54 Å². The van der Waals surface area contributed by atoms with Crippen LogP contribution in [0.25, 0.3) is 0 Å². The summed E-state index contributed by atoms with van der Waals surface area (Å²) in [5.41, 5.74) is 1.01. The van der Waals surface area contributed by atoms with Crippen LogP contribution in [0.4, 0.5) is 4.79 Å². The van der Waals surface area contributed by atoms with Crippen LogP contribution in [-0.2, 0) is 11.3 Å². The Kier molecular flexibility index (Phi) is 6.60. The van der Waals surface area contributed by atoms with Crippen molar-refractivity contribution in [3.8, 4) is 0 Å². The summed E-state index contributed by atoms with van der Waals surface area (Å²) in [4.78, 5) is 19.9. The van der Waals surface area contributed by atoms with Gasteiger partial charge in [0.05, 0.1) is 23.9 Å². The van der Waals surface area contributed by atoms with Crippen molar-refractivity contribution in [1.29, 1.82) is 0 Å². The highest BCUT2D eigenvalue weighted by atomic mass is 32.1. The summed E-state index contributed by atoms with van der Waals surface area (Å²) >= 11 is 1.64. The first-order chi connectivity index (χ1) is 10.6. The summed E-state index contributed by atoms with van der Waals surface area (Å²) in [5.74, 6) is 0. The quantitative estimate of drug-likeness (QED) is 0.834. The molecule has 1 atom stereocenters. The van der Waals surface area contributed by atoms with E-state index in [9.17, 15) is 4.79 Å². The van der Waals surface area contributed by atoms with E-state index in [0.717, 1.165) is 54.7 Å². The van der Waals surface area contributed by atoms with E-state index >= 15 is 0 Å². The minimum Gasteiger partial charge on any atom is -0.383 e. The molecule has 1 aromatic rings. The zero-order valence-corrected chi connectivity index (χ0v) is 14.5. The Morgan fingerprint density at radius 1 is 1.50 bits per heavy atom. The zero-order chi connectivity index (χ0) is 15.9. The molecule has 2 amide bonds. The Morgan fingerprint density at radius 3 is 3.00 bits per heavy atom. The monoisotopic (exact) mass is 326 g/mol. The average molecular weight is 326 g/mol. The Balaban J connectivity index is 1.73. The second-order valence-corrected chi connectivity index (χ2v) is 6.99. The third kappa shape index (κ3) is 5.23. The van der Waals surface area contributed by atoms with Crippen molar-refractivity contribution < 1.29 is 9.53 Å². The lowest BCUT2D eigenvalue weighted by atomic mass is 10.1. The van der Waals surface area contributed by atoms with E-state index in [1.807, 2.05) is 13.8 Å². The molecule has 1 aliphatic rings. The lowest BCUT2D eigenvalue weighted by molar-refractivity contribution is 0.123. The minimum atomic E-state index is -0.0935. The third-order valence-electron chi connectivity index (χ3n) is 3.86. The molecule has 124 valence electrons. The molecule has 1 aromatic heterocycles. The molecular formula is C15H26N4O2S. The Labute approximate surface area is 136 Å². The maximum absolute atomic E-state index is 12.0. The molecule has 0 aromatic carbocycles. The summed E-state index contributed by atoms with van der Waals surface area (Å²) in [7, 11) is 1.72. The highest BCUT2D eigenvalue weighted by molar-refractivity contribution is 7.11. The number of nitrogens with zero attached hydrogens (tertiary/aromatic N) is 2. The zero-order valence-electron chi connectivity index (χ0n) is 13.6. The molecule has 1 saturated heterocycles. The van der Waals surface area contributed by atoms with Crippen molar-refractivity contribution >= 4 is 17.4 Å². The van der Waals surface area contributed by atoms with Gasteiger partial charge in [0.2, 0.25) is 0 Å². The minimum absolute atomic E-state index is 0.0935. The predicted molar refractivity (Wildman–Crippen MR) is 88.3 cm³/mol. The number of methoxy groups -OCH3 is 1. The number of hydrogen-bond donors (Lipinski definition) is 2. The number of ether oxygens (including phenoxy) is 1. The molecule has 2 rings (SSSR count). The van der Waals surface area contributed by atoms with E-state index in [2.05, 4.69) is 20.5 Å². The predicted octanol–water partition coefficient (Wildman–Crippen LogP) is 1.67. The molecule has 2 N–H and O–H groups in total. The molecule has 1 fully saturated rings. The van der Waals surface area contributed by atoms with Gasteiger partial charge in [-0.25, -0.2) is 9.78 Å². The van der Waals surface area contributed by atoms with Gasteiger partial charge in [0, 0.05) is 31.1 Å². The van der Waals surface area contributed by atoms with Crippen LogP contribution in [0.15, 0.2) is 0 Å². The summed E-state index contributed by atoms with van der Waals surface area (Å²) in [5, 5.41) is 7.05. The molecule has 0 radical (unpaired) electrons. The van der Waals surface area contributed by atoms with Gasteiger partial charge >= 0.3 is 6.03 Å². The standard InChI is InChI=1S/C15H26N4O2S/c1-11-14(22-12(2)17-11)9-16-15(20)18-13-5-4-6-19(10-13)7-8-21-3/h13H,4-10H2,1-3H3,(H2,16,18,20). The fourth-order valence-corrected chi connectivity index (χ4v) is 3.61. The number of thiazole rings is 1. The number of hydrogen-bond acceptors (Lipinski definition) is 5. The number of piperidine rings is 1. The van der Waals surface area contributed by atoms with Gasteiger partial charge in [0.1, 0.15) is 0 Å². The van der Waals surface area contributed by atoms with Crippen molar-refractivity contribution in [3.63, 3.8) is 0 Å². The van der Waals surface area contributed by atoms with Crippen LogP contribution in [0.3, 0.4) is 0 Å². The SMILES string of the molecule is COCCN1CCCC(NC(=O)NCc2sc(C)nc2C)C1. The molecule has 2 heterocycles. The molecule has 0 aliphatic carbocycles. The highest BCUT2D eigenvalue weighted by Crippen LogP contribution is 2.16. The van der Waals surface area contributed by atoms with Crippen LogP contribution in [0.2, 0.25) is 0 Å². The van der Waals surface area contributed by atoms with Crippen LogP contribution in [0, 0.1) is 13.8 Å². The van der Waals surface area contributed by atoms with Crippen LogP contribution in [0.5, 0.6) is 0 Å². The molecule has 0 saturated carbocycles. The van der Waals surface area contributed by atoms with E-state index in [-0.39, 0.29) is 12.1 Å². The van der Waals surface area contributed by atoms with Crippen molar-refractivity contribution in [2.24, 2.45) is 0 Å². The van der Waals surface area contributed by atoms with E-state index < -0.39 is 0 Å². The number of likely N-dealkylation sites (tertiary alicyclic amines) is 1. The first kappa shape index (κ1) is 17.2. The smallest absolute Gasteiger partial charge is 0.315 e. The molecule has 7 heteroatoms. The first-order valence-electron chi connectivity index (χ1n) is 7.77. The van der Waals surface area contributed by atoms with Gasteiger partial charge in [0.25, 0.3) is 0 Å². The molecule has 6 nitrogen and oxygen atoms in total. The van der Waals surface area contributed by atoms with Gasteiger partial charge in [-0.3, -0.25) is 4.90 Å². The molecule has 1 unspecified atom stereocenters. The highest BCUT2D eigenvalue weighted by Gasteiger charge is 2.21. The molecule has 1 aliphatic heterocycles. The van der Waals surface area contributed by atoms with E-state index in [4.69, 9.17) is 4.74 Å². The molecule has 0 spiro atoms. The normalized spacial score (nSPS) is 19.1. The summed E-state index contributed by atoms with van der Waals surface area (Å²) in [6.07, 6.45) is 2.15. The molecule has 22 heavy (non-hydrogen) atoms. The van der Waals surface area contributed by atoms with E-state index in [1.54, 1.807) is 18.4 Å². The number of amides is 2. The number of aryl methyl sites for hydroxylation is 2. The van der Waals surface area contributed by atoms with Crippen LogP contribution in [0.1, 0.15) is 28.4 Å². The number of carbonyl (C=O) groups excluding carboxylic acids is 1. The number of carbonyl (C=O) groups is 1. The lowest BCUT2D eigenvalue weighted by Gasteiger charge is -2.32. The first-order valence-corrected chi connectivity index (χ1v) is 8.58. The van der Waals surface area contributed by atoms with Crippen molar-refractivity contribution in [1.82, 2.24) is 20.5 Å². The lowest BCUT2D eigenvalue weighted by Crippen LogP contribution is -2.50. The van der Waals surface area contributed by atoms with Gasteiger partial charge in [-0.2, -0.15) is 0 Å². The van der Waals surface area contributed by atoms with Gasteiger partial charge < -0.3 is 15.4 Å². The summed E-state index contributed by atoms with van der Waals surface area (Å²) < 4.78 is 5.12. The maximum Gasteiger partial charge on any atom is 0.315 e. The van der Waals surface area contributed by atoms with Gasteiger partial charge in [-0.15, -0.1) is 11.3 Å². The average Bonchev–Trinajstić information content (AvgIpc) is 2.81. The molecular weight excluding hydrogens is 300 g/mol. The topological polar surface area (TPSA) is 66.5 Å². The third-order valence-corrected chi connectivity index (χ3v) is 4.93. The van der Waals surface area contributed by atoms with E-state index in [1.165, 1.54) is 0 Å². The number of aromatic nitrogens is 1. The van der Waals surface area contributed by atoms with Crippen LogP contribution < -0.4 is 10.6 Å². The van der Waals surface area contributed by atoms with Gasteiger partial charge in [-0.05, 0) is 33.2 Å². The summed E-state index contributed by atoms with van der Waals surface area (Å²) in [6, 6.07) is 0.124. The summed E-state index contributed by atoms with van der Waals surface area (Å²) in [6.45, 7) is 8.16. The Morgan fingerprint density at radius 2 is 2.32 bits per heavy atom. The van der Waals surface area contributed by atoms with Crippen molar-refractivity contribution in [2.45, 2.75) is 39.3 Å². The van der Waals surface area contributed by atoms with Gasteiger partial charge in [0.15, 0.2) is 0 Å². The maximum atomic E-state index is 12.0. The van der Waals surface area contributed by atoms with Gasteiger partial charge in [-0.1, -0.05) is 0 Å². The number of rotatable bonds is 6. The molecule has 0 bridgehead atoms. The Hall–Kier alpha value is -1.18. The van der Waals surface area contributed by atoms with Crippen LogP contribution in [-0.4, -0.2) is 55.3 Å². The second-order valence-electron chi connectivity index (χ2n) is 5.70. The largest absolute Gasteiger partial charge is 0.383 e. The van der Waals surface area contributed by atoms with Crippen LogP contribution >= 0.6 is 11.3 Å². The second kappa shape index (κ2) is 8.45. The fraction of sp³-hybridized carbons (Fsp3) is 0.733.